The number of likely N-dealkylation sites (N-methyl/N-ethyl adjacent to an activating group) is 1. The molecule has 19 heavy (non-hydrogen) atoms. The van der Waals surface area contributed by atoms with Crippen molar-refractivity contribution in [3.05, 3.63) is 0 Å². The van der Waals surface area contributed by atoms with Gasteiger partial charge in [0, 0.05) is 0 Å². The second-order valence-electron chi connectivity index (χ2n) is 6.47. The fraction of sp³-hybridized carbons (Fsp3) is 0.933. The van der Waals surface area contributed by atoms with E-state index in [1.807, 2.05) is 6.92 Å². The van der Waals surface area contributed by atoms with Gasteiger partial charge in [0.2, 0.25) is 5.91 Å². The van der Waals surface area contributed by atoms with Crippen molar-refractivity contribution in [3.63, 3.8) is 0 Å². The predicted octanol–water partition coefficient (Wildman–Crippen LogP) is 1.60. The Kier molecular flexibility index (Phi) is 6.27. The summed E-state index contributed by atoms with van der Waals surface area (Å²) in [7, 11) is 1.80. The molecule has 1 aliphatic rings. The lowest BCUT2D eigenvalue weighted by atomic mass is 9.86. The number of likely N-dealkylation sites (tertiary alicyclic amines) is 1. The number of rotatable bonds is 7. The summed E-state index contributed by atoms with van der Waals surface area (Å²) in [5.74, 6) is 1.45. The molecule has 0 aromatic rings. The molecule has 3 N–H and O–H groups in total. The molecule has 1 aliphatic heterocycles. The minimum Gasteiger partial charge on any atom is -0.368 e. The first-order valence-electron chi connectivity index (χ1n) is 7.60. The summed E-state index contributed by atoms with van der Waals surface area (Å²) in [6.07, 6.45) is 4.46. The van der Waals surface area contributed by atoms with Gasteiger partial charge in [0.05, 0.1) is 5.54 Å². The largest absolute Gasteiger partial charge is 0.368 e. The zero-order chi connectivity index (χ0) is 14.5. The summed E-state index contributed by atoms with van der Waals surface area (Å²) < 4.78 is 0. The van der Waals surface area contributed by atoms with Crippen LogP contribution < -0.4 is 11.1 Å². The number of hydrogen-bond donors (Lipinski definition) is 2. The van der Waals surface area contributed by atoms with E-state index in [1.54, 1.807) is 7.05 Å². The molecule has 0 spiro atoms. The Hall–Kier alpha value is -0.610. The standard InChI is InChI=1S/C15H31N3O/c1-12(2)13-6-10-18(11-7-13)9-5-8-15(3,17-4)14(16)19/h12-13,17H,5-11H2,1-4H3,(H2,16,19). The van der Waals surface area contributed by atoms with Crippen LogP contribution in [0, 0.1) is 11.8 Å². The van der Waals surface area contributed by atoms with Crippen LogP contribution in [0.2, 0.25) is 0 Å². The van der Waals surface area contributed by atoms with Crippen LogP contribution in [0.3, 0.4) is 0 Å². The van der Waals surface area contributed by atoms with Crippen molar-refractivity contribution in [1.82, 2.24) is 10.2 Å². The van der Waals surface area contributed by atoms with Crippen molar-refractivity contribution < 1.29 is 4.79 Å². The lowest BCUT2D eigenvalue weighted by Crippen LogP contribution is -2.51. The Bertz CT molecular complexity index is 285. The normalized spacial score (nSPS) is 21.5. The number of nitrogens with zero attached hydrogens (tertiary/aromatic N) is 1. The number of hydrogen-bond acceptors (Lipinski definition) is 3. The first-order valence-corrected chi connectivity index (χ1v) is 7.60. The third kappa shape index (κ3) is 4.77. The molecule has 0 radical (unpaired) electrons. The average Bonchev–Trinajstić information content (AvgIpc) is 2.38. The van der Waals surface area contributed by atoms with E-state index in [0.717, 1.165) is 31.2 Å². The van der Waals surface area contributed by atoms with Crippen LogP contribution in [0.15, 0.2) is 0 Å². The molecule has 4 heteroatoms. The number of piperidine rings is 1. The first kappa shape index (κ1) is 16.4. The first-order chi connectivity index (χ1) is 8.89. The fourth-order valence-corrected chi connectivity index (χ4v) is 2.87. The third-order valence-electron chi connectivity index (χ3n) is 4.82. The highest BCUT2D eigenvalue weighted by Gasteiger charge is 2.28. The third-order valence-corrected chi connectivity index (χ3v) is 4.82. The maximum Gasteiger partial charge on any atom is 0.237 e. The van der Waals surface area contributed by atoms with Gasteiger partial charge in [-0.2, -0.15) is 0 Å². The van der Waals surface area contributed by atoms with Crippen LogP contribution in [0.4, 0.5) is 0 Å². The molecule has 1 heterocycles. The molecule has 1 saturated heterocycles. The minimum atomic E-state index is -0.559. The molecule has 1 rings (SSSR count). The Labute approximate surface area is 118 Å². The Morgan fingerprint density at radius 2 is 2.00 bits per heavy atom. The molecule has 0 aromatic carbocycles. The van der Waals surface area contributed by atoms with Crippen LogP contribution in [0.1, 0.15) is 46.5 Å². The number of amides is 1. The zero-order valence-electron chi connectivity index (χ0n) is 13.0. The zero-order valence-corrected chi connectivity index (χ0v) is 13.0. The Morgan fingerprint density at radius 1 is 1.42 bits per heavy atom. The van der Waals surface area contributed by atoms with Crippen LogP contribution >= 0.6 is 0 Å². The van der Waals surface area contributed by atoms with E-state index in [0.29, 0.717) is 0 Å². The molecular weight excluding hydrogens is 238 g/mol. The number of nitrogens with one attached hydrogen (secondary N) is 1. The van der Waals surface area contributed by atoms with Gasteiger partial charge in [-0.25, -0.2) is 0 Å². The molecule has 1 atom stereocenters. The van der Waals surface area contributed by atoms with Crippen molar-refractivity contribution in [1.29, 1.82) is 0 Å². The average molecular weight is 269 g/mol. The Morgan fingerprint density at radius 3 is 2.42 bits per heavy atom. The highest BCUT2D eigenvalue weighted by molar-refractivity contribution is 5.84. The molecule has 0 aliphatic carbocycles. The highest BCUT2D eigenvalue weighted by atomic mass is 16.1. The smallest absolute Gasteiger partial charge is 0.237 e. The lowest BCUT2D eigenvalue weighted by Gasteiger charge is -2.34. The van der Waals surface area contributed by atoms with E-state index < -0.39 is 5.54 Å². The van der Waals surface area contributed by atoms with E-state index in [2.05, 4.69) is 24.1 Å². The fourth-order valence-electron chi connectivity index (χ4n) is 2.87. The minimum absolute atomic E-state index is 0.256. The number of carbonyl (C=O) groups is 1. The van der Waals surface area contributed by atoms with E-state index >= 15 is 0 Å². The van der Waals surface area contributed by atoms with Crippen LogP contribution in [-0.4, -0.2) is 43.0 Å². The van der Waals surface area contributed by atoms with Gasteiger partial charge in [-0.05, 0) is 71.1 Å². The molecular formula is C15H31N3O. The summed E-state index contributed by atoms with van der Waals surface area (Å²) in [4.78, 5) is 13.9. The van der Waals surface area contributed by atoms with E-state index in [1.165, 1.54) is 25.9 Å². The second kappa shape index (κ2) is 7.25. The number of primary amides is 1. The van der Waals surface area contributed by atoms with Crippen molar-refractivity contribution in [2.24, 2.45) is 17.6 Å². The van der Waals surface area contributed by atoms with E-state index in [4.69, 9.17) is 5.73 Å². The second-order valence-corrected chi connectivity index (χ2v) is 6.47. The van der Waals surface area contributed by atoms with Crippen LogP contribution in [-0.2, 0) is 4.79 Å². The van der Waals surface area contributed by atoms with Gasteiger partial charge < -0.3 is 16.0 Å². The summed E-state index contributed by atoms with van der Waals surface area (Å²) in [5.41, 5.74) is 4.88. The molecule has 4 nitrogen and oxygen atoms in total. The van der Waals surface area contributed by atoms with Gasteiger partial charge in [-0.1, -0.05) is 13.8 Å². The quantitative estimate of drug-likeness (QED) is 0.738. The number of nitrogens with two attached hydrogens (primary N) is 1. The summed E-state index contributed by atoms with van der Waals surface area (Å²) >= 11 is 0. The summed E-state index contributed by atoms with van der Waals surface area (Å²) in [5, 5.41) is 3.04. The van der Waals surface area contributed by atoms with Crippen molar-refractivity contribution in [2.75, 3.05) is 26.7 Å². The monoisotopic (exact) mass is 269 g/mol. The molecule has 1 amide bonds. The van der Waals surface area contributed by atoms with Gasteiger partial charge in [-0.3, -0.25) is 4.79 Å². The summed E-state index contributed by atoms with van der Waals surface area (Å²) in [6.45, 7) is 10.0. The van der Waals surface area contributed by atoms with Gasteiger partial charge in [-0.15, -0.1) is 0 Å². The van der Waals surface area contributed by atoms with E-state index in [-0.39, 0.29) is 5.91 Å². The van der Waals surface area contributed by atoms with Crippen molar-refractivity contribution in [2.45, 2.75) is 52.0 Å². The molecule has 1 fully saturated rings. The number of carbonyl (C=O) groups excluding carboxylic acids is 1. The molecule has 0 bridgehead atoms. The van der Waals surface area contributed by atoms with Gasteiger partial charge in [0.25, 0.3) is 0 Å². The Balaban J connectivity index is 2.26. The maximum atomic E-state index is 11.4. The summed E-state index contributed by atoms with van der Waals surface area (Å²) in [6, 6.07) is 0. The van der Waals surface area contributed by atoms with Crippen LogP contribution in [0.5, 0.6) is 0 Å². The SMILES string of the molecule is CNC(C)(CCCN1CCC(C(C)C)CC1)C(N)=O. The molecule has 0 aromatic heterocycles. The topological polar surface area (TPSA) is 58.4 Å². The van der Waals surface area contributed by atoms with Crippen molar-refractivity contribution >= 4 is 5.91 Å². The molecule has 112 valence electrons. The van der Waals surface area contributed by atoms with Gasteiger partial charge in [0.1, 0.15) is 0 Å². The lowest BCUT2D eigenvalue weighted by molar-refractivity contribution is -0.123. The highest BCUT2D eigenvalue weighted by Crippen LogP contribution is 2.24. The maximum absolute atomic E-state index is 11.4. The molecule has 1 unspecified atom stereocenters. The van der Waals surface area contributed by atoms with Gasteiger partial charge >= 0.3 is 0 Å². The van der Waals surface area contributed by atoms with Crippen molar-refractivity contribution in [3.8, 4) is 0 Å². The molecule has 0 saturated carbocycles. The van der Waals surface area contributed by atoms with E-state index in [9.17, 15) is 4.79 Å². The predicted molar refractivity (Wildman–Crippen MR) is 79.9 cm³/mol. The van der Waals surface area contributed by atoms with Gasteiger partial charge in [0.15, 0.2) is 0 Å². The van der Waals surface area contributed by atoms with Crippen LogP contribution in [0.25, 0.3) is 0 Å².